The van der Waals surface area contributed by atoms with E-state index in [4.69, 9.17) is 0 Å². The van der Waals surface area contributed by atoms with E-state index in [9.17, 15) is 8.42 Å². The molecule has 0 saturated carbocycles. The van der Waals surface area contributed by atoms with Gasteiger partial charge in [0.15, 0.2) is 9.84 Å². The van der Waals surface area contributed by atoms with E-state index in [2.05, 4.69) is 25.7 Å². The third-order valence-corrected chi connectivity index (χ3v) is 4.95. The second kappa shape index (κ2) is 4.83. The van der Waals surface area contributed by atoms with Crippen molar-refractivity contribution in [2.24, 2.45) is 0 Å². The van der Waals surface area contributed by atoms with Gasteiger partial charge in [0.2, 0.25) is 0 Å². The molecule has 90 valence electrons. The molecule has 0 aromatic carbocycles. The minimum atomic E-state index is -2.74. The van der Waals surface area contributed by atoms with E-state index in [1.165, 1.54) is 12.8 Å². The monoisotopic (exact) mass is 233 g/mol. The van der Waals surface area contributed by atoms with Gasteiger partial charge in [-0.05, 0) is 20.3 Å². The van der Waals surface area contributed by atoms with Gasteiger partial charge in [0.1, 0.15) is 0 Å². The van der Waals surface area contributed by atoms with E-state index in [0.717, 1.165) is 6.42 Å². The number of rotatable bonds is 4. The van der Waals surface area contributed by atoms with Crippen LogP contribution in [0.3, 0.4) is 0 Å². The SMILES string of the molecule is CCCCC(C)(C)N1CCS(=O)(=O)CC1. The van der Waals surface area contributed by atoms with Gasteiger partial charge in [0, 0.05) is 18.6 Å². The van der Waals surface area contributed by atoms with Crippen molar-refractivity contribution < 1.29 is 8.42 Å². The molecule has 0 aromatic rings. The highest BCUT2D eigenvalue weighted by atomic mass is 32.2. The average molecular weight is 233 g/mol. The lowest BCUT2D eigenvalue weighted by atomic mass is 9.95. The summed E-state index contributed by atoms with van der Waals surface area (Å²) in [5.74, 6) is 0.672. The Labute approximate surface area is 93.8 Å². The molecule has 0 spiro atoms. The number of sulfone groups is 1. The molecule has 1 heterocycles. The normalized spacial score (nSPS) is 22.9. The van der Waals surface area contributed by atoms with E-state index in [-0.39, 0.29) is 5.54 Å². The summed E-state index contributed by atoms with van der Waals surface area (Å²) in [6.45, 7) is 8.05. The third kappa shape index (κ3) is 3.76. The lowest BCUT2D eigenvalue weighted by molar-refractivity contribution is 0.120. The Hall–Kier alpha value is -0.0900. The predicted octanol–water partition coefficient (Wildman–Crippen LogP) is 1.69. The summed E-state index contributed by atoms with van der Waals surface area (Å²) < 4.78 is 22.6. The lowest BCUT2D eigenvalue weighted by Gasteiger charge is -2.41. The quantitative estimate of drug-likeness (QED) is 0.741. The van der Waals surface area contributed by atoms with Crippen LogP contribution in [0.4, 0.5) is 0 Å². The molecule has 1 rings (SSSR count). The van der Waals surface area contributed by atoms with E-state index in [0.29, 0.717) is 24.6 Å². The van der Waals surface area contributed by atoms with Crippen molar-refractivity contribution in [3.05, 3.63) is 0 Å². The number of unbranched alkanes of at least 4 members (excludes halogenated alkanes) is 1. The van der Waals surface area contributed by atoms with E-state index < -0.39 is 9.84 Å². The largest absolute Gasteiger partial charge is 0.296 e. The first-order chi connectivity index (χ1) is 6.87. The molecular weight excluding hydrogens is 210 g/mol. The molecule has 1 saturated heterocycles. The van der Waals surface area contributed by atoms with Crippen molar-refractivity contribution >= 4 is 9.84 Å². The van der Waals surface area contributed by atoms with E-state index in [1.54, 1.807) is 0 Å². The fraction of sp³-hybridized carbons (Fsp3) is 1.00. The standard InChI is InChI=1S/C11H23NO2S/c1-4-5-6-11(2,3)12-7-9-15(13,14)10-8-12/h4-10H2,1-3H3. The molecule has 0 aliphatic carbocycles. The van der Waals surface area contributed by atoms with Gasteiger partial charge >= 0.3 is 0 Å². The maximum absolute atomic E-state index is 11.3. The summed E-state index contributed by atoms with van der Waals surface area (Å²) in [5, 5.41) is 0. The van der Waals surface area contributed by atoms with Crippen LogP contribution >= 0.6 is 0 Å². The molecule has 0 atom stereocenters. The van der Waals surface area contributed by atoms with Crippen LogP contribution in [0.5, 0.6) is 0 Å². The predicted molar refractivity (Wildman–Crippen MR) is 63.8 cm³/mol. The lowest BCUT2D eigenvalue weighted by Crippen LogP contribution is -2.51. The molecular formula is C11H23NO2S. The van der Waals surface area contributed by atoms with Gasteiger partial charge in [0.25, 0.3) is 0 Å². The first-order valence-corrected chi connectivity index (χ1v) is 7.65. The van der Waals surface area contributed by atoms with Crippen molar-refractivity contribution in [2.45, 2.75) is 45.6 Å². The molecule has 0 bridgehead atoms. The molecule has 0 N–H and O–H groups in total. The zero-order valence-electron chi connectivity index (χ0n) is 10.1. The molecule has 0 unspecified atom stereocenters. The number of hydrogen-bond acceptors (Lipinski definition) is 3. The van der Waals surface area contributed by atoms with Crippen LogP contribution in [-0.4, -0.2) is 43.5 Å². The molecule has 1 fully saturated rings. The smallest absolute Gasteiger partial charge is 0.152 e. The summed E-state index contributed by atoms with van der Waals surface area (Å²) in [7, 11) is -2.74. The minimum Gasteiger partial charge on any atom is -0.296 e. The third-order valence-electron chi connectivity index (χ3n) is 3.34. The van der Waals surface area contributed by atoms with E-state index in [1.807, 2.05) is 0 Å². The Morgan fingerprint density at radius 1 is 1.20 bits per heavy atom. The minimum absolute atomic E-state index is 0.159. The Balaban J connectivity index is 2.51. The van der Waals surface area contributed by atoms with Gasteiger partial charge in [-0.3, -0.25) is 4.90 Å². The van der Waals surface area contributed by atoms with Gasteiger partial charge in [0.05, 0.1) is 11.5 Å². The van der Waals surface area contributed by atoms with Crippen LogP contribution in [0.25, 0.3) is 0 Å². The molecule has 0 amide bonds. The molecule has 4 heteroatoms. The van der Waals surface area contributed by atoms with Gasteiger partial charge in [-0.15, -0.1) is 0 Å². The van der Waals surface area contributed by atoms with Crippen LogP contribution in [0.15, 0.2) is 0 Å². The van der Waals surface area contributed by atoms with Crippen LogP contribution in [0.2, 0.25) is 0 Å². The van der Waals surface area contributed by atoms with Crippen molar-refractivity contribution in [2.75, 3.05) is 24.6 Å². The Bertz CT molecular complexity index is 282. The molecule has 1 aliphatic rings. The average Bonchev–Trinajstić information content (AvgIpc) is 2.14. The molecule has 0 radical (unpaired) electrons. The number of hydrogen-bond donors (Lipinski definition) is 0. The highest BCUT2D eigenvalue weighted by Gasteiger charge is 2.31. The Morgan fingerprint density at radius 2 is 1.73 bits per heavy atom. The van der Waals surface area contributed by atoms with Gasteiger partial charge < -0.3 is 0 Å². The van der Waals surface area contributed by atoms with Gasteiger partial charge in [-0.2, -0.15) is 0 Å². The molecule has 0 aromatic heterocycles. The fourth-order valence-electron chi connectivity index (χ4n) is 2.09. The summed E-state index contributed by atoms with van der Waals surface area (Å²) >= 11 is 0. The molecule has 3 nitrogen and oxygen atoms in total. The van der Waals surface area contributed by atoms with Crippen molar-refractivity contribution in [3.63, 3.8) is 0 Å². The van der Waals surface area contributed by atoms with E-state index >= 15 is 0 Å². The first-order valence-electron chi connectivity index (χ1n) is 5.83. The fourth-order valence-corrected chi connectivity index (χ4v) is 3.29. The first kappa shape index (κ1) is 13.0. The zero-order valence-corrected chi connectivity index (χ0v) is 10.9. The molecule has 15 heavy (non-hydrogen) atoms. The maximum atomic E-state index is 11.3. The van der Waals surface area contributed by atoms with Gasteiger partial charge in [-0.1, -0.05) is 19.8 Å². The highest BCUT2D eigenvalue weighted by Crippen LogP contribution is 2.23. The summed E-state index contributed by atoms with van der Waals surface area (Å²) in [5.41, 5.74) is 0.159. The summed E-state index contributed by atoms with van der Waals surface area (Å²) in [6, 6.07) is 0. The Morgan fingerprint density at radius 3 is 2.20 bits per heavy atom. The summed E-state index contributed by atoms with van der Waals surface area (Å²) in [6.07, 6.45) is 3.58. The van der Waals surface area contributed by atoms with Crippen molar-refractivity contribution in [1.29, 1.82) is 0 Å². The van der Waals surface area contributed by atoms with Gasteiger partial charge in [-0.25, -0.2) is 8.42 Å². The second-order valence-electron chi connectivity index (χ2n) is 5.05. The zero-order chi connectivity index (χ0) is 11.5. The van der Waals surface area contributed by atoms with Crippen LogP contribution in [-0.2, 0) is 9.84 Å². The Kier molecular flexibility index (Phi) is 4.18. The second-order valence-corrected chi connectivity index (χ2v) is 7.36. The molecule has 1 aliphatic heterocycles. The van der Waals surface area contributed by atoms with Crippen molar-refractivity contribution in [1.82, 2.24) is 4.90 Å². The summed E-state index contributed by atoms with van der Waals surface area (Å²) in [4.78, 5) is 2.32. The topological polar surface area (TPSA) is 37.4 Å². The van der Waals surface area contributed by atoms with Crippen LogP contribution in [0.1, 0.15) is 40.0 Å². The van der Waals surface area contributed by atoms with Crippen LogP contribution < -0.4 is 0 Å². The highest BCUT2D eigenvalue weighted by molar-refractivity contribution is 7.91. The van der Waals surface area contributed by atoms with Crippen molar-refractivity contribution in [3.8, 4) is 0 Å². The number of nitrogens with zero attached hydrogens (tertiary/aromatic N) is 1. The maximum Gasteiger partial charge on any atom is 0.152 e. The van der Waals surface area contributed by atoms with Crippen LogP contribution in [0, 0.1) is 0 Å².